The van der Waals surface area contributed by atoms with Crippen LogP contribution in [0, 0.1) is 13.8 Å². The van der Waals surface area contributed by atoms with Crippen LogP contribution in [0.4, 0.5) is 5.13 Å². The molecule has 3 aromatic carbocycles. The largest absolute Gasteiger partial charge is 0.496 e. The van der Waals surface area contributed by atoms with E-state index in [-0.39, 0.29) is 0 Å². The number of ether oxygens (including phenoxy) is 4. The first-order chi connectivity index (χ1) is 15.0. The van der Waals surface area contributed by atoms with Crippen LogP contribution in [-0.2, 0) is 0 Å². The molecule has 0 bridgehead atoms. The molecule has 31 heavy (non-hydrogen) atoms. The van der Waals surface area contributed by atoms with Gasteiger partial charge in [0.05, 0.1) is 49.4 Å². The summed E-state index contributed by atoms with van der Waals surface area (Å²) in [6, 6.07) is 9.83. The second-order valence-corrected chi connectivity index (χ2v) is 8.09. The Hall–Kier alpha value is -3.32. The Kier molecular flexibility index (Phi) is 5.69. The average molecular weight is 437 g/mol. The highest BCUT2D eigenvalue weighted by atomic mass is 32.1. The Morgan fingerprint density at radius 3 is 2.10 bits per heavy atom. The fraction of sp³-hybridized carbons (Fsp3) is 0.250. The SMILES string of the molecule is COc1ccc(OC)c2c(OC)c(C=Nc3nc4cc(C)c(C)cc4s3)cc(OC)c12. The zero-order valence-corrected chi connectivity index (χ0v) is 19.2. The van der Waals surface area contributed by atoms with Gasteiger partial charge >= 0.3 is 0 Å². The Morgan fingerprint density at radius 1 is 0.806 bits per heavy atom. The van der Waals surface area contributed by atoms with E-state index in [0.717, 1.165) is 26.6 Å². The lowest BCUT2D eigenvalue weighted by atomic mass is 10.0. The van der Waals surface area contributed by atoms with Gasteiger partial charge in [0.1, 0.15) is 23.0 Å². The van der Waals surface area contributed by atoms with E-state index in [4.69, 9.17) is 18.9 Å². The van der Waals surface area contributed by atoms with Crippen molar-refractivity contribution in [3.63, 3.8) is 0 Å². The molecular formula is C24H24N2O4S. The van der Waals surface area contributed by atoms with Crippen molar-refractivity contribution in [1.82, 2.24) is 4.98 Å². The number of thiazole rings is 1. The molecule has 0 aliphatic rings. The fourth-order valence-electron chi connectivity index (χ4n) is 3.62. The van der Waals surface area contributed by atoms with Gasteiger partial charge in [-0.05, 0) is 55.3 Å². The molecule has 0 spiro atoms. The maximum Gasteiger partial charge on any atom is 0.210 e. The van der Waals surface area contributed by atoms with Gasteiger partial charge in [-0.3, -0.25) is 0 Å². The Labute approximate surface area is 185 Å². The first-order valence-electron chi connectivity index (χ1n) is 9.72. The normalized spacial score (nSPS) is 11.4. The summed E-state index contributed by atoms with van der Waals surface area (Å²) in [5, 5.41) is 2.23. The molecule has 0 atom stereocenters. The molecule has 1 aromatic heterocycles. The van der Waals surface area contributed by atoms with Crippen molar-refractivity contribution < 1.29 is 18.9 Å². The Morgan fingerprint density at radius 2 is 1.45 bits per heavy atom. The fourth-order valence-corrected chi connectivity index (χ4v) is 4.51. The Balaban J connectivity index is 1.89. The summed E-state index contributed by atoms with van der Waals surface area (Å²) in [6.45, 7) is 4.19. The minimum atomic E-state index is 0.628. The van der Waals surface area contributed by atoms with E-state index in [1.165, 1.54) is 11.1 Å². The maximum atomic E-state index is 5.78. The molecule has 0 saturated heterocycles. The molecule has 0 amide bonds. The summed E-state index contributed by atoms with van der Waals surface area (Å²) >= 11 is 1.55. The third-order valence-electron chi connectivity index (χ3n) is 5.32. The summed E-state index contributed by atoms with van der Waals surface area (Å²) in [6.07, 6.45) is 1.75. The molecular weight excluding hydrogens is 412 g/mol. The first-order valence-corrected chi connectivity index (χ1v) is 10.5. The van der Waals surface area contributed by atoms with E-state index in [0.29, 0.717) is 28.1 Å². The molecule has 4 rings (SSSR count). The van der Waals surface area contributed by atoms with Crippen LogP contribution in [0.15, 0.2) is 35.3 Å². The number of aliphatic imine (C=N–C) groups is 1. The van der Waals surface area contributed by atoms with Crippen LogP contribution >= 0.6 is 11.3 Å². The van der Waals surface area contributed by atoms with Gasteiger partial charge in [0.2, 0.25) is 5.13 Å². The molecule has 0 aliphatic heterocycles. The molecule has 0 aliphatic carbocycles. The highest BCUT2D eigenvalue weighted by Crippen LogP contribution is 2.46. The van der Waals surface area contributed by atoms with Gasteiger partial charge in [0, 0.05) is 11.8 Å². The smallest absolute Gasteiger partial charge is 0.210 e. The molecule has 7 heteroatoms. The van der Waals surface area contributed by atoms with E-state index >= 15 is 0 Å². The molecule has 160 valence electrons. The van der Waals surface area contributed by atoms with Crippen molar-refractivity contribution in [2.45, 2.75) is 13.8 Å². The van der Waals surface area contributed by atoms with E-state index in [2.05, 4.69) is 36.0 Å². The third-order valence-corrected chi connectivity index (χ3v) is 6.25. The predicted molar refractivity (Wildman–Crippen MR) is 127 cm³/mol. The van der Waals surface area contributed by atoms with Crippen molar-refractivity contribution in [1.29, 1.82) is 0 Å². The number of fused-ring (bicyclic) bond motifs is 2. The average Bonchev–Trinajstić information content (AvgIpc) is 3.17. The van der Waals surface area contributed by atoms with Gasteiger partial charge < -0.3 is 18.9 Å². The van der Waals surface area contributed by atoms with E-state index in [9.17, 15) is 0 Å². The number of hydrogen-bond donors (Lipinski definition) is 0. The lowest BCUT2D eigenvalue weighted by Crippen LogP contribution is -1.99. The number of methoxy groups -OCH3 is 4. The van der Waals surface area contributed by atoms with Crippen LogP contribution in [0.2, 0.25) is 0 Å². The van der Waals surface area contributed by atoms with Gasteiger partial charge in [-0.2, -0.15) is 0 Å². The van der Waals surface area contributed by atoms with Crippen LogP contribution in [-0.4, -0.2) is 39.6 Å². The van der Waals surface area contributed by atoms with Gasteiger partial charge in [-0.1, -0.05) is 11.3 Å². The highest BCUT2D eigenvalue weighted by Gasteiger charge is 2.20. The molecule has 0 radical (unpaired) electrons. The van der Waals surface area contributed by atoms with Gasteiger partial charge in [-0.25, -0.2) is 9.98 Å². The second-order valence-electron chi connectivity index (χ2n) is 7.08. The van der Waals surface area contributed by atoms with E-state index in [1.807, 2.05) is 18.2 Å². The first kappa shape index (κ1) is 20.9. The van der Waals surface area contributed by atoms with Crippen LogP contribution in [0.5, 0.6) is 23.0 Å². The van der Waals surface area contributed by atoms with Gasteiger partial charge in [0.15, 0.2) is 0 Å². The monoisotopic (exact) mass is 436 g/mol. The zero-order chi connectivity index (χ0) is 22.1. The molecule has 1 heterocycles. The van der Waals surface area contributed by atoms with Crippen LogP contribution in [0.25, 0.3) is 21.0 Å². The number of nitrogens with zero attached hydrogens (tertiary/aromatic N) is 2. The van der Waals surface area contributed by atoms with Crippen molar-refractivity contribution in [3.8, 4) is 23.0 Å². The van der Waals surface area contributed by atoms with Crippen molar-refractivity contribution >= 4 is 43.7 Å². The molecule has 4 aromatic rings. The number of aromatic nitrogens is 1. The lowest BCUT2D eigenvalue weighted by molar-refractivity contribution is 0.392. The van der Waals surface area contributed by atoms with E-state index < -0.39 is 0 Å². The maximum absolute atomic E-state index is 5.78. The van der Waals surface area contributed by atoms with Crippen LogP contribution in [0.3, 0.4) is 0 Å². The summed E-state index contributed by atoms with van der Waals surface area (Å²) in [7, 11) is 6.50. The summed E-state index contributed by atoms with van der Waals surface area (Å²) < 4.78 is 23.7. The lowest BCUT2D eigenvalue weighted by Gasteiger charge is -2.17. The summed E-state index contributed by atoms with van der Waals surface area (Å²) in [5.74, 6) is 2.60. The minimum Gasteiger partial charge on any atom is -0.496 e. The number of rotatable bonds is 6. The molecule has 0 saturated carbocycles. The summed E-state index contributed by atoms with van der Waals surface area (Å²) in [4.78, 5) is 9.29. The van der Waals surface area contributed by atoms with Crippen molar-refractivity contribution in [2.24, 2.45) is 4.99 Å². The number of hydrogen-bond acceptors (Lipinski definition) is 7. The Bertz CT molecular complexity index is 1270. The van der Waals surface area contributed by atoms with Crippen LogP contribution in [0.1, 0.15) is 16.7 Å². The predicted octanol–water partition coefficient (Wildman–Crippen LogP) is 5.85. The molecule has 0 unspecified atom stereocenters. The number of aryl methyl sites for hydroxylation is 2. The molecule has 6 nitrogen and oxygen atoms in total. The van der Waals surface area contributed by atoms with Crippen molar-refractivity contribution in [2.75, 3.05) is 28.4 Å². The third kappa shape index (κ3) is 3.65. The molecule has 0 fully saturated rings. The van der Waals surface area contributed by atoms with E-state index in [1.54, 1.807) is 46.0 Å². The highest BCUT2D eigenvalue weighted by molar-refractivity contribution is 7.22. The summed E-state index contributed by atoms with van der Waals surface area (Å²) in [5.41, 5.74) is 4.17. The second kappa shape index (κ2) is 8.43. The minimum absolute atomic E-state index is 0.628. The quantitative estimate of drug-likeness (QED) is 0.355. The van der Waals surface area contributed by atoms with Crippen LogP contribution < -0.4 is 18.9 Å². The standard InChI is InChI=1S/C24H24N2O4S/c1-13-9-16-20(10-14(13)2)31-24(26-16)25-12-15-11-19(29-5)21-17(27-3)7-8-18(28-4)22(21)23(15)30-6/h7-12H,1-6H3. The number of benzene rings is 3. The topological polar surface area (TPSA) is 62.2 Å². The van der Waals surface area contributed by atoms with Crippen molar-refractivity contribution in [3.05, 3.63) is 47.0 Å². The molecule has 0 N–H and O–H groups in total. The van der Waals surface area contributed by atoms with Gasteiger partial charge in [0.25, 0.3) is 0 Å². The van der Waals surface area contributed by atoms with Gasteiger partial charge in [-0.15, -0.1) is 0 Å². The zero-order valence-electron chi connectivity index (χ0n) is 18.4.